The van der Waals surface area contributed by atoms with Crippen molar-refractivity contribution in [3.63, 3.8) is 0 Å². The molecule has 0 saturated carbocycles. The maximum Gasteiger partial charge on any atom is 0.145 e. The molecule has 0 aliphatic heterocycles. The van der Waals surface area contributed by atoms with Gasteiger partial charge in [0.25, 0.3) is 0 Å². The van der Waals surface area contributed by atoms with Gasteiger partial charge in [-0.05, 0) is 80.4 Å². The number of hydrogen-bond acceptors (Lipinski definition) is 2. The number of hydrogen-bond donors (Lipinski definition) is 1. The van der Waals surface area contributed by atoms with Crippen molar-refractivity contribution in [3.05, 3.63) is 180 Å². The summed E-state index contributed by atoms with van der Waals surface area (Å²) in [7, 11) is 0. The lowest BCUT2D eigenvalue weighted by Crippen LogP contribution is -2.25. The van der Waals surface area contributed by atoms with E-state index in [9.17, 15) is 0 Å². The molecule has 8 aromatic rings. The Bertz CT molecular complexity index is 2400. The van der Waals surface area contributed by atoms with E-state index < -0.39 is 0 Å². The molecule has 2 aliphatic rings. The third-order valence-electron chi connectivity index (χ3n) is 9.89. The molecule has 0 atom stereocenters. The van der Waals surface area contributed by atoms with Gasteiger partial charge < -0.3 is 9.73 Å². The van der Waals surface area contributed by atoms with Crippen LogP contribution in [-0.2, 0) is 5.41 Å². The number of rotatable bonds is 3. The standard InChI is InChI=1S/C43H27NO/c1-2-12-27(13-3-1)29-24-25-39(41-34-17-7-11-21-40(34)45-42(29)41)44-28-22-23-33-32-16-6-10-20-37(32)43(38(33)26-28)35-18-8-4-14-30(35)31-15-5-9-19-36(31)43/h1-26,44H. The predicted molar refractivity (Wildman–Crippen MR) is 185 cm³/mol. The Kier molecular flexibility index (Phi) is 4.95. The van der Waals surface area contributed by atoms with Crippen molar-refractivity contribution in [1.82, 2.24) is 0 Å². The molecule has 210 valence electrons. The van der Waals surface area contributed by atoms with Gasteiger partial charge in [0.1, 0.15) is 11.2 Å². The van der Waals surface area contributed by atoms with E-state index in [1.54, 1.807) is 0 Å². The van der Waals surface area contributed by atoms with E-state index in [1.165, 1.54) is 44.5 Å². The van der Waals surface area contributed by atoms with Gasteiger partial charge in [-0.3, -0.25) is 0 Å². The fourth-order valence-electron chi connectivity index (χ4n) is 8.11. The topological polar surface area (TPSA) is 25.2 Å². The number of anilines is 2. The summed E-state index contributed by atoms with van der Waals surface area (Å²) in [4.78, 5) is 0. The summed E-state index contributed by atoms with van der Waals surface area (Å²) >= 11 is 0. The zero-order valence-electron chi connectivity index (χ0n) is 24.4. The van der Waals surface area contributed by atoms with E-state index in [4.69, 9.17) is 4.42 Å². The minimum atomic E-state index is -0.369. The van der Waals surface area contributed by atoms with Crippen LogP contribution in [0.25, 0.3) is 55.3 Å². The minimum Gasteiger partial charge on any atom is -0.455 e. The van der Waals surface area contributed by atoms with Crippen LogP contribution in [0.1, 0.15) is 22.3 Å². The molecule has 0 amide bonds. The largest absolute Gasteiger partial charge is 0.455 e. The maximum atomic E-state index is 6.55. The van der Waals surface area contributed by atoms with Crippen LogP contribution in [0.5, 0.6) is 0 Å². The van der Waals surface area contributed by atoms with E-state index in [-0.39, 0.29) is 5.41 Å². The van der Waals surface area contributed by atoms with E-state index in [0.29, 0.717) is 0 Å². The highest BCUT2D eigenvalue weighted by Crippen LogP contribution is 2.63. The normalized spacial score (nSPS) is 13.5. The highest BCUT2D eigenvalue weighted by molar-refractivity contribution is 6.16. The molecule has 45 heavy (non-hydrogen) atoms. The van der Waals surface area contributed by atoms with E-state index in [1.807, 2.05) is 6.07 Å². The van der Waals surface area contributed by atoms with Crippen LogP contribution < -0.4 is 5.32 Å². The third kappa shape index (κ3) is 3.23. The summed E-state index contributed by atoms with van der Waals surface area (Å²) < 4.78 is 6.55. The molecule has 2 heteroatoms. The summed E-state index contributed by atoms with van der Waals surface area (Å²) in [5.74, 6) is 0. The van der Waals surface area contributed by atoms with Gasteiger partial charge in [0.05, 0.1) is 16.5 Å². The molecule has 0 radical (unpaired) electrons. The first kappa shape index (κ1) is 24.6. The Balaban J connectivity index is 1.20. The molecular weight excluding hydrogens is 546 g/mol. The first-order chi connectivity index (χ1) is 22.3. The zero-order chi connectivity index (χ0) is 29.5. The quantitative estimate of drug-likeness (QED) is 0.227. The molecule has 7 aromatic carbocycles. The van der Waals surface area contributed by atoms with Crippen molar-refractivity contribution >= 4 is 33.3 Å². The first-order valence-electron chi connectivity index (χ1n) is 15.5. The lowest BCUT2D eigenvalue weighted by molar-refractivity contribution is 0.670. The SMILES string of the molecule is c1ccc(-c2ccc(Nc3ccc4c(c3)C3(c5ccccc5-c5ccccc53)c3ccccc3-4)c3c2oc2ccccc23)cc1. The number of nitrogens with one attached hydrogen (secondary N) is 1. The number of fused-ring (bicyclic) bond motifs is 13. The fraction of sp³-hybridized carbons (Fsp3) is 0.0233. The lowest BCUT2D eigenvalue weighted by Gasteiger charge is -2.30. The van der Waals surface area contributed by atoms with Crippen molar-refractivity contribution in [2.45, 2.75) is 5.41 Å². The molecule has 0 fully saturated rings. The highest BCUT2D eigenvalue weighted by atomic mass is 16.3. The van der Waals surface area contributed by atoms with Gasteiger partial charge in [0, 0.05) is 16.6 Å². The molecule has 2 aliphatic carbocycles. The second-order valence-electron chi connectivity index (χ2n) is 12.1. The van der Waals surface area contributed by atoms with Crippen LogP contribution in [-0.4, -0.2) is 0 Å². The van der Waals surface area contributed by atoms with Gasteiger partial charge >= 0.3 is 0 Å². The summed E-state index contributed by atoms with van der Waals surface area (Å²) in [6.45, 7) is 0. The fourth-order valence-corrected chi connectivity index (χ4v) is 8.11. The Labute approximate surface area is 261 Å². The monoisotopic (exact) mass is 573 g/mol. The molecule has 0 saturated heterocycles. The van der Waals surface area contributed by atoms with E-state index in [2.05, 4.69) is 157 Å². The summed E-state index contributed by atoms with van der Waals surface area (Å²) in [6.07, 6.45) is 0. The Hall–Kier alpha value is -5.86. The van der Waals surface area contributed by atoms with Crippen LogP contribution in [0.3, 0.4) is 0 Å². The Morgan fingerprint density at radius 1 is 0.444 bits per heavy atom. The van der Waals surface area contributed by atoms with Crippen LogP contribution in [0.2, 0.25) is 0 Å². The van der Waals surface area contributed by atoms with Crippen LogP contribution in [0.4, 0.5) is 11.4 Å². The summed E-state index contributed by atoms with van der Waals surface area (Å²) in [6, 6.07) is 57.0. The molecule has 10 rings (SSSR count). The maximum absolute atomic E-state index is 6.55. The number of para-hydroxylation sites is 1. The van der Waals surface area contributed by atoms with Gasteiger partial charge in [-0.15, -0.1) is 0 Å². The molecule has 0 unspecified atom stereocenters. The number of furan rings is 1. The van der Waals surface area contributed by atoms with Crippen molar-refractivity contribution in [1.29, 1.82) is 0 Å². The summed E-state index contributed by atoms with van der Waals surface area (Å²) in [5, 5.41) is 6.06. The number of benzene rings is 7. The van der Waals surface area contributed by atoms with Crippen molar-refractivity contribution in [3.8, 4) is 33.4 Å². The van der Waals surface area contributed by atoms with Crippen molar-refractivity contribution in [2.75, 3.05) is 5.32 Å². The van der Waals surface area contributed by atoms with Crippen LogP contribution in [0, 0.1) is 0 Å². The second kappa shape index (κ2) is 9.07. The highest BCUT2D eigenvalue weighted by Gasteiger charge is 2.51. The molecule has 2 nitrogen and oxygen atoms in total. The first-order valence-corrected chi connectivity index (χ1v) is 15.5. The Morgan fingerprint density at radius 2 is 1.00 bits per heavy atom. The molecular formula is C43H27NO. The third-order valence-corrected chi connectivity index (χ3v) is 9.89. The molecule has 1 N–H and O–H groups in total. The van der Waals surface area contributed by atoms with Crippen LogP contribution in [0.15, 0.2) is 162 Å². The minimum absolute atomic E-state index is 0.369. The second-order valence-corrected chi connectivity index (χ2v) is 12.1. The van der Waals surface area contributed by atoms with Crippen molar-refractivity contribution < 1.29 is 4.42 Å². The van der Waals surface area contributed by atoms with Gasteiger partial charge in [0.15, 0.2) is 0 Å². The van der Waals surface area contributed by atoms with Gasteiger partial charge in [-0.25, -0.2) is 0 Å². The lowest BCUT2D eigenvalue weighted by atomic mass is 9.70. The molecule has 1 spiro atoms. The summed E-state index contributed by atoms with van der Waals surface area (Å²) in [5.41, 5.74) is 16.4. The zero-order valence-corrected chi connectivity index (χ0v) is 24.4. The average Bonchev–Trinajstić information content (AvgIpc) is 3.73. The Morgan fingerprint density at radius 3 is 1.69 bits per heavy atom. The molecule has 1 aromatic heterocycles. The van der Waals surface area contributed by atoms with Gasteiger partial charge in [-0.1, -0.05) is 127 Å². The molecule has 1 heterocycles. The molecule has 0 bridgehead atoms. The average molecular weight is 574 g/mol. The van der Waals surface area contributed by atoms with Crippen molar-refractivity contribution in [2.24, 2.45) is 0 Å². The van der Waals surface area contributed by atoms with E-state index in [0.717, 1.165) is 44.4 Å². The van der Waals surface area contributed by atoms with Crippen LogP contribution >= 0.6 is 0 Å². The smallest absolute Gasteiger partial charge is 0.145 e. The predicted octanol–water partition coefficient (Wildman–Crippen LogP) is 11.3. The van der Waals surface area contributed by atoms with E-state index >= 15 is 0 Å². The van der Waals surface area contributed by atoms with Gasteiger partial charge in [0.2, 0.25) is 0 Å². The van der Waals surface area contributed by atoms with Gasteiger partial charge in [-0.2, -0.15) is 0 Å².